The van der Waals surface area contributed by atoms with Gasteiger partial charge in [-0.15, -0.1) is 0 Å². The molecular formula is C16H15Cl3O3. The van der Waals surface area contributed by atoms with Crippen LogP contribution in [0.4, 0.5) is 0 Å². The van der Waals surface area contributed by atoms with E-state index in [-0.39, 0.29) is 0 Å². The maximum atomic E-state index is 10.0. The maximum Gasteiger partial charge on any atom is 0.220 e. The molecule has 0 fully saturated rings. The van der Waals surface area contributed by atoms with E-state index in [4.69, 9.17) is 44.3 Å². The van der Waals surface area contributed by atoms with Crippen molar-refractivity contribution in [3.63, 3.8) is 0 Å². The molecule has 1 N–H and O–H groups in total. The van der Waals surface area contributed by atoms with E-state index < -0.39 is 9.90 Å². The van der Waals surface area contributed by atoms with E-state index in [1.807, 2.05) is 30.3 Å². The zero-order chi connectivity index (χ0) is 16.2. The van der Waals surface area contributed by atoms with Gasteiger partial charge in [0, 0.05) is 0 Å². The van der Waals surface area contributed by atoms with Crippen molar-refractivity contribution in [1.29, 1.82) is 0 Å². The number of methoxy groups -OCH3 is 1. The quantitative estimate of drug-likeness (QED) is 0.786. The molecule has 118 valence electrons. The zero-order valence-corrected chi connectivity index (χ0v) is 14.1. The molecule has 2 rings (SSSR count). The van der Waals surface area contributed by atoms with Gasteiger partial charge in [-0.1, -0.05) is 71.2 Å². The van der Waals surface area contributed by atoms with Crippen LogP contribution in [0.15, 0.2) is 48.5 Å². The average Bonchev–Trinajstić information content (AvgIpc) is 2.52. The highest BCUT2D eigenvalue weighted by Crippen LogP contribution is 2.41. The average molecular weight is 362 g/mol. The van der Waals surface area contributed by atoms with Crippen LogP contribution in [-0.2, 0) is 6.61 Å². The Hall–Kier alpha value is -1.13. The lowest BCUT2D eigenvalue weighted by Crippen LogP contribution is -2.16. The topological polar surface area (TPSA) is 38.7 Å². The fourth-order valence-corrected chi connectivity index (χ4v) is 2.28. The van der Waals surface area contributed by atoms with Crippen molar-refractivity contribution < 1.29 is 14.6 Å². The third kappa shape index (κ3) is 4.43. The molecule has 0 aliphatic carbocycles. The predicted molar refractivity (Wildman–Crippen MR) is 89.0 cm³/mol. The highest BCUT2D eigenvalue weighted by molar-refractivity contribution is 6.68. The molecule has 0 aliphatic heterocycles. The summed E-state index contributed by atoms with van der Waals surface area (Å²) >= 11 is 17.2. The van der Waals surface area contributed by atoms with Crippen LogP contribution in [-0.4, -0.2) is 16.0 Å². The Balaban J connectivity index is 2.21. The summed E-state index contributed by atoms with van der Waals surface area (Å²) < 4.78 is 9.19. The normalized spacial score (nSPS) is 12.8. The summed E-state index contributed by atoms with van der Waals surface area (Å²) in [4.78, 5) is 0. The van der Waals surface area contributed by atoms with Crippen molar-refractivity contribution in [2.45, 2.75) is 16.5 Å². The van der Waals surface area contributed by atoms with Gasteiger partial charge in [0.15, 0.2) is 11.5 Å². The van der Waals surface area contributed by atoms with Crippen LogP contribution >= 0.6 is 34.8 Å². The van der Waals surface area contributed by atoms with E-state index in [2.05, 4.69) is 0 Å². The Kier molecular flexibility index (Phi) is 5.81. The van der Waals surface area contributed by atoms with E-state index in [0.29, 0.717) is 23.7 Å². The van der Waals surface area contributed by atoms with E-state index in [9.17, 15) is 5.11 Å². The summed E-state index contributed by atoms with van der Waals surface area (Å²) in [6, 6.07) is 14.6. The van der Waals surface area contributed by atoms with Crippen LogP contribution in [0.5, 0.6) is 11.5 Å². The van der Waals surface area contributed by atoms with Crippen molar-refractivity contribution in [2.75, 3.05) is 7.11 Å². The molecule has 2 aromatic carbocycles. The Bertz CT molecular complexity index is 612. The summed E-state index contributed by atoms with van der Waals surface area (Å²) in [6.45, 7) is 0.366. The number of ether oxygens (including phenoxy) is 2. The summed E-state index contributed by atoms with van der Waals surface area (Å²) in [7, 11) is 1.54. The molecule has 0 amide bonds. The second-order valence-electron chi connectivity index (χ2n) is 4.63. The summed E-state index contributed by atoms with van der Waals surface area (Å²) in [5.74, 6) is 1.01. The maximum absolute atomic E-state index is 10.0. The van der Waals surface area contributed by atoms with Gasteiger partial charge in [0.25, 0.3) is 0 Å². The molecule has 3 nitrogen and oxygen atoms in total. The monoisotopic (exact) mass is 360 g/mol. The number of halogens is 3. The first-order chi connectivity index (χ1) is 10.4. The summed E-state index contributed by atoms with van der Waals surface area (Å²) in [5.41, 5.74) is 1.45. The first-order valence-electron chi connectivity index (χ1n) is 6.51. The lowest BCUT2D eigenvalue weighted by molar-refractivity contribution is 0.181. The molecule has 22 heavy (non-hydrogen) atoms. The second kappa shape index (κ2) is 7.42. The number of hydrogen-bond acceptors (Lipinski definition) is 3. The standard InChI is InChI=1S/C16H15Cl3O3/c1-21-13-8-7-12(15(20)16(17,18)19)9-14(13)22-10-11-5-3-2-4-6-11/h2-9,15,20H,10H2,1H3. The predicted octanol–water partition coefficient (Wildman–Crippen LogP) is 4.68. The molecule has 0 aliphatic rings. The van der Waals surface area contributed by atoms with Gasteiger partial charge in [0.05, 0.1) is 7.11 Å². The highest BCUT2D eigenvalue weighted by atomic mass is 35.6. The fraction of sp³-hybridized carbons (Fsp3) is 0.250. The van der Waals surface area contributed by atoms with E-state index >= 15 is 0 Å². The molecule has 0 heterocycles. The number of benzene rings is 2. The minimum atomic E-state index is -1.81. The van der Waals surface area contributed by atoms with E-state index in [0.717, 1.165) is 5.56 Å². The first kappa shape index (κ1) is 17.2. The zero-order valence-electron chi connectivity index (χ0n) is 11.8. The van der Waals surface area contributed by atoms with Gasteiger partial charge in [-0.05, 0) is 23.3 Å². The third-order valence-corrected chi connectivity index (χ3v) is 3.67. The van der Waals surface area contributed by atoms with Crippen molar-refractivity contribution in [3.8, 4) is 11.5 Å². The van der Waals surface area contributed by atoms with Gasteiger partial charge in [-0.2, -0.15) is 0 Å². The van der Waals surface area contributed by atoms with Crippen LogP contribution in [0.3, 0.4) is 0 Å². The minimum Gasteiger partial charge on any atom is -0.493 e. The Labute approximate surface area is 144 Å². The Morgan fingerprint density at radius 1 is 1.05 bits per heavy atom. The van der Waals surface area contributed by atoms with Crippen LogP contribution in [0.25, 0.3) is 0 Å². The molecule has 0 aromatic heterocycles. The Morgan fingerprint density at radius 2 is 1.73 bits per heavy atom. The number of aliphatic hydroxyl groups is 1. The molecule has 0 spiro atoms. The van der Waals surface area contributed by atoms with Crippen molar-refractivity contribution in [2.24, 2.45) is 0 Å². The van der Waals surface area contributed by atoms with Gasteiger partial charge in [-0.3, -0.25) is 0 Å². The molecule has 0 radical (unpaired) electrons. The first-order valence-corrected chi connectivity index (χ1v) is 7.64. The molecule has 0 bridgehead atoms. The van der Waals surface area contributed by atoms with Crippen LogP contribution in [0.1, 0.15) is 17.2 Å². The number of hydrogen-bond donors (Lipinski definition) is 1. The van der Waals surface area contributed by atoms with Gasteiger partial charge >= 0.3 is 0 Å². The van der Waals surface area contributed by atoms with Crippen LogP contribution in [0.2, 0.25) is 0 Å². The number of aliphatic hydroxyl groups excluding tert-OH is 1. The molecule has 2 aromatic rings. The van der Waals surface area contributed by atoms with Crippen molar-refractivity contribution in [1.82, 2.24) is 0 Å². The SMILES string of the molecule is COc1ccc(C(O)C(Cl)(Cl)Cl)cc1OCc1ccccc1. The van der Waals surface area contributed by atoms with E-state index in [1.165, 1.54) is 7.11 Å². The Morgan fingerprint density at radius 3 is 2.32 bits per heavy atom. The third-order valence-electron chi connectivity index (χ3n) is 3.05. The fourth-order valence-electron chi connectivity index (χ4n) is 1.90. The largest absolute Gasteiger partial charge is 0.493 e. The van der Waals surface area contributed by atoms with Gasteiger partial charge in [0.2, 0.25) is 3.79 Å². The lowest BCUT2D eigenvalue weighted by atomic mass is 10.1. The minimum absolute atomic E-state index is 0.366. The summed E-state index contributed by atoms with van der Waals surface area (Å²) in [5, 5.41) is 10.0. The van der Waals surface area contributed by atoms with Crippen LogP contribution < -0.4 is 9.47 Å². The summed E-state index contributed by atoms with van der Waals surface area (Å²) in [6.07, 6.45) is -1.26. The molecule has 1 atom stereocenters. The molecule has 6 heteroatoms. The van der Waals surface area contributed by atoms with E-state index in [1.54, 1.807) is 18.2 Å². The second-order valence-corrected chi connectivity index (χ2v) is 7.00. The number of alkyl halides is 3. The molecule has 1 unspecified atom stereocenters. The molecule has 0 saturated carbocycles. The van der Waals surface area contributed by atoms with Crippen LogP contribution in [0, 0.1) is 0 Å². The molecule has 0 saturated heterocycles. The van der Waals surface area contributed by atoms with Gasteiger partial charge in [-0.25, -0.2) is 0 Å². The van der Waals surface area contributed by atoms with Crippen molar-refractivity contribution >= 4 is 34.8 Å². The van der Waals surface area contributed by atoms with Gasteiger partial charge < -0.3 is 14.6 Å². The lowest BCUT2D eigenvalue weighted by Gasteiger charge is -2.20. The number of rotatable bonds is 5. The smallest absolute Gasteiger partial charge is 0.220 e. The van der Waals surface area contributed by atoms with Gasteiger partial charge in [0.1, 0.15) is 12.7 Å². The highest BCUT2D eigenvalue weighted by Gasteiger charge is 2.32. The molecular weight excluding hydrogens is 347 g/mol. The van der Waals surface area contributed by atoms with Crippen molar-refractivity contribution in [3.05, 3.63) is 59.7 Å².